The molecule has 2 N–H and O–H groups in total. The molecule has 94 valence electrons. The summed E-state index contributed by atoms with van der Waals surface area (Å²) in [4.78, 5) is 11.4. The van der Waals surface area contributed by atoms with Crippen LogP contribution in [0.3, 0.4) is 0 Å². The predicted octanol–water partition coefficient (Wildman–Crippen LogP) is 0.857. The minimum Gasteiger partial charge on any atom is -0.454 e. The first-order valence-electron chi connectivity index (χ1n) is 5.57. The molecule has 0 atom stereocenters. The maximum absolute atomic E-state index is 11.4. The first-order valence-corrected chi connectivity index (χ1v) is 5.57. The first-order chi connectivity index (χ1) is 8.79. The summed E-state index contributed by atoms with van der Waals surface area (Å²) in [5, 5.41) is 13.9. The number of amides is 1. The van der Waals surface area contributed by atoms with Gasteiger partial charge in [0.15, 0.2) is 11.5 Å². The molecule has 1 aliphatic rings. The Morgan fingerprint density at radius 3 is 3.06 bits per heavy atom. The number of anilines is 1. The molecular formula is C12H13N3O3. The second-order valence-corrected chi connectivity index (χ2v) is 3.68. The molecular weight excluding hydrogens is 234 g/mol. The molecule has 18 heavy (non-hydrogen) atoms. The van der Waals surface area contributed by atoms with Crippen LogP contribution in [0.15, 0.2) is 18.2 Å². The number of benzene rings is 1. The Hall–Kier alpha value is -2.42. The van der Waals surface area contributed by atoms with Crippen LogP contribution in [-0.2, 0) is 4.79 Å². The zero-order valence-corrected chi connectivity index (χ0v) is 9.73. The molecule has 0 saturated carbocycles. The molecule has 0 fully saturated rings. The standard InChI is InChI=1S/C12H13N3O3/c13-4-1-5-14-12(16)7-15-9-2-3-10-11(6-9)18-8-17-10/h2-3,6,15H,1,5,7-8H2,(H,14,16). The van der Waals surface area contributed by atoms with E-state index in [0.29, 0.717) is 24.5 Å². The number of ether oxygens (including phenoxy) is 2. The van der Waals surface area contributed by atoms with E-state index in [0.717, 1.165) is 5.69 Å². The van der Waals surface area contributed by atoms with E-state index in [4.69, 9.17) is 14.7 Å². The largest absolute Gasteiger partial charge is 0.454 e. The Balaban J connectivity index is 1.80. The molecule has 0 aromatic heterocycles. The summed E-state index contributed by atoms with van der Waals surface area (Å²) >= 11 is 0. The highest BCUT2D eigenvalue weighted by Gasteiger charge is 2.13. The summed E-state index contributed by atoms with van der Waals surface area (Å²) in [7, 11) is 0. The van der Waals surface area contributed by atoms with Gasteiger partial charge in [0.2, 0.25) is 12.7 Å². The Kier molecular flexibility index (Phi) is 3.86. The van der Waals surface area contributed by atoms with Gasteiger partial charge < -0.3 is 20.1 Å². The maximum atomic E-state index is 11.4. The predicted molar refractivity (Wildman–Crippen MR) is 64.3 cm³/mol. The second-order valence-electron chi connectivity index (χ2n) is 3.68. The van der Waals surface area contributed by atoms with Crippen LogP contribution < -0.4 is 20.1 Å². The Morgan fingerprint density at radius 2 is 2.22 bits per heavy atom. The number of rotatable bonds is 5. The van der Waals surface area contributed by atoms with Crippen molar-refractivity contribution in [1.82, 2.24) is 5.32 Å². The van der Waals surface area contributed by atoms with E-state index in [2.05, 4.69) is 10.6 Å². The van der Waals surface area contributed by atoms with Crippen molar-refractivity contribution in [2.45, 2.75) is 6.42 Å². The molecule has 0 saturated heterocycles. The van der Waals surface area contributed by atoms with E-state index in [1.807, 2.05) is 12.1 Å². The molecule has 1 aromatic rings. The van der Waals surface area contributed by atoms with E-state index in [1.165, 1.54) is 0 Å². The van der Waals surface area contributed by atoms with E-state index in [9.17, 15) is 4.79 Å². The van der Waals surface area contributed by atoms with E-state index in [1.54, 1.807) is 12.1 Å². The van der Waals surface area contributed by atoms with Gasteiger partial charge in [-0.1, -0.05) is 0 Å². The highest BCUT2D eigenvalue weighted by atomic mass is 16.7. The van der Waals surface area contributed by atoms with Crippen LogP contribution in [0.2, 0.25) is 0 Å². The number of nitrogens with one attached hydrogen (secondary N) is 2. The topological polar surface area (TPSA) is 83.4 Å². The number of hydrogen-bond acceptors (Lipinski definition) is 5. The molecule has 1 amide bonds. The minimum absolute atomic E-state index is 0.150. The van der Waals surface area contributed by atoms with Gasteiger partial charge >= 0.3 is 0 Å². The highest BCUT2D eigenvalue weighted by Crippen LogP contribution is 2.33. The fourth-order valence-corrected chi connectivity index (χ4v) is 1.51. The molecule has 0 aliphatic carbocycles. The highest BCUT2D eigenvalue weighted by molar-refractivity contribution is 5.80. The fraction of sp³-hybridized carbons (Fsp3) is 0.333. The van der Waals surface area contributed by atoms with Gasteiger partial charge in [0.1, 0.15) is 0 Å². The zero-order chi connectivity index (χ0) is 12.8. The van der Waals surface area contributed by atoms with Crippen LogP contribution in [0.25, 0.3) is 0 Å². The van der Waals surface area contributed by atoms with Crippen LogP contribution in [0.1, 0.15) is 6.42 Å². The van der Waals surface area contributed by atoms with Crippen LogP contribution >= 0.6 is 0 Å². The summed E-state index contributed by atoms with van der Waals surface area (Å²) in [5.74, 6) is 1.23. The smallest absolute Gasteiger partial charge is 0.239 e. The summed E-state index contributed by atoms with van der Waals surface area (Å²) in [5.41, 5.74) is 0.787. The van der Waals surface area contributed by atoms with Crippen molar-refractivity contribution < 1.29 is 14.3 Å². The van der Waals surface area contributed by atoms with Crippen molar-refractivity contribution in [3.8, 4) is 17.6 Å². The van der Waals surface area contributed by atoms with Gasteiger partial charge in [0.05, 0.1) is 19.0 Å². The Labute approximate surface area is 104 Å². The number of nitriles is 1. The van der Waals surface area contributed by atoms with Gasteiger partial charge in [-0.15, -0.1) is 0 Å². The molecule has 1 aromatic carbocycles. The van der Waals surface area contributed by atoms with Crippen LogP contribution in [0.4, 0.5) is 5.69 Å². The zero-order valence-electron chi connectivity index (χ0n) is 9.73. The van der Waals surface area contributed by atoms with Gasteiger partial charge in [-0.3, -0.25) is 4.79 Å². The first kappa shape index (κ1) is 12.0. The molecule has 6 heteroatoms. The van der Waals surface area contributed by atoms with Crippen LogP contribution in [-0.4, -0.2) is 25.8 Å². The number of hydrogen-bond donors (Lipinski definition) is 2. The lowest BCUT2D eigenvalue weighted by Gasteiger charge is -2.07. The van der Waals surface area contributed by atoms with Crippen LogP contribution in [0, 0.1) is 11.3 Å². The molecule has 2 rings (SSSR count). The number of fused-ring (bicyclic) bond motifs is 1. The number of carbonyl (C=O) groups is 1. The average Bonchev–Trinajstić information content (AvgIpc) is 2.84. The van der Waals surface area contributed by atoms with Gasteiger partial charge in [0.25, 0.3) is 0 Å². The summed E-state index contributed by atoms with van der Waals surface area (Å²) in [6.45, 7) is 0.761. The van der Waals surface area contributed by atoms with Gasteiger partial charge in [0, 0.05) is 18.3 Å². The van der Waals surface area contributed by atoms with Crippen molar-refractivity contribution in [3.63, 3.8) is 0 Å². The molecule has 1 aliphatic heterocycles. The average molecular weight is 247 g/mol. The SMILES string of the molecule is N#CCCNC(=O)CNc1ccc2c(c1)OCO2. The summed E-state index contributed by atoms with van der Waals surface area (Å²) in [6.07, 6.45) is 0.315. The van der Waals surface area contributed by atoms with Crippen molar-refractivity contribution in [2.24, 2.45) is 0 Å². The van der Waals surface area contributed by atoms with Crippen molar-refractivity contribution in [3.05, 3.63) is 18.2 Å². The third-order valence-electron chi connectivity index (χ3n) is 2.38. The molecule has 0 spiro atoms. The van der Waals surface area contributed by atoms with Crippen LogP contribution in [0.5, 0.6) is 11.5 Å². The fourth-order valence-electron chi connectivity index (χ4n) is 1.51. The molecule has 0 unspecified atom stereocenters. The monoisotopic (exact) mass is 247 g/mol. The lowest BCUT2D eigenvalue weighted by atomic mass is 10.3. The third-order valence-corrected chi connectivity index (χ3v) is 2.38. The second kappa shape index (κ2) is 5.77. The lowest BCUT2D eigenvalue weighted by Crippen LogP contribution is -2.30. The normalized spacial score (nSPS) is 11.7. The summed E-state index contributed by atoms with van der Waals surface area (Å²) < 4.78 is 10.4. The molecule has 6 nitrogen and oxygen atoms in total. The summed E-state index contributed by atoms with van der Waals surface area (Å²) in [6, 6.07) is 7.35. The van der Waals surface area contributed by atoms with E-state index in [-0.39, 0.29) is 19.2 Å². The van der Waals surface area contributed by atoms with Gasteiger partial charge in [-0.05, 0) is 12.1 Å². The van der Waals surface area contributed by atoms with Gasteiger partial charge in [-0.2, -0.15) is 5.26 Å². The molecule has 0 bridgehead atoms. The van der Waals surface area contributed by atoms with Crippen molar-refractivity contribution in [2.75, 3.05) is 25.2 Å². The van der Waals surface area contributed by atoms with Gasteiger partial charge in [-0.25, -0.2) is 0 Å². The molecule has 0 radical (unpaired) electrons. The Morgan fingerprint density at radius 1 is 1.39 bits per heavy atom. The quantitative estimate of drug-likeness (QED) is 0.754. The number of carbonyl (C=O) groups excluding carboxylic acids is 1. The van der Waals surface area contributed by atoms with E-state index >= 15 is 0 Å². The molecule has 1 heterocycles. The van der Waals surface area contributed by atoms with Crippen molar-refractivity contribution in [1.29, 1.82) is 5.26 Å². The lowest BCUT2D eigenvalue weighted by molar-refractivity contribution is -0.119. The third kappa shape index (κ3) is 3.04. The van der Waals surface area contributed by atoms with E-state index < -0.39 is 0 Å². The Bertz CT molecular complexity index is 482. The minimum atomic E-state index is -0.150. The number of nitrogens with zero attached hydrogens (tertiary/aromatic N) is 1. The van der Waals surface area contributed by atoms with Crippen molar-refractivity contribution >= 4 is 11.6 Å². The maximum Gasteiger partial charge on any atom is 0.239 e.